The molecule has 136 valence electrons. The highest BCUT2D eigenvalue weighted by Gasteiger charge is 2.22. The molecule has 0 amide bonds. The first-order valence-corrected chi connectivity index (χ1v) is 9.06. The highest BCUT2D eigenvalue weighted by Crippen LogP contribution is 2.17. The molecule has 0 bridgehead atoms. The van der Waals surface area contributed by atoms with Crippen LogP contribution in [0.4, 0.5) is 0 Å². The third-order valence-corrected chi connectivity index (χ3v) is 4.82. The zero-order valence-electron chi connectivity index (χ0n) is 15.1. The predicted molar refractivity (Wildman–Crippen MR) is 108 cm³/mol. The van der Waals surface area contributed by atoms with E-state index in [0.29, 0.717) is 6.10 Å². The summed E-state index contributed by atoms with van der Waals surface area (Å²) in [6.07, 6.45) is 5.24. The number of nitrogens with one attached hydrogen (secondary N) is 1. The van der Waals surface area contributed by atoms with Crippen LogP contribution in [0.3, 0.4) is 0 Å². The van der Waals surface area contributed by atoms with E-state index in [2.05, 4.69) is 36.0 Å². The molecule has 0 aromatic rings. The summed E-state index contributed by atoms with van der Waals surface area (Å²) < 4.78 is 5.74. The van der Waals surface area contributed by atoms with Crippen molar-refractivity contribution in [1.82, 2.24) is 15.1 Å². The first kappa shape index (κ1) is 21.0. The van der Waals surface area contributed by atoms with Crippen molar-refractivity contribution in [3.63, 3.8) is 0 Å². The zero-order chi connectivity index (χ0) is 15.8. The van der Waals surface area contributed by atoms with Crippen LogP contribution in [0.25, 0.3) is 0 Å². The Balaban J connectivity index is 0.00000264. The van der Waals surface area contributed by atoms with Gasteiger partial charge < -0.3 is 19.9 Å². The summed E-state index contributed by atoms with van der Waals surface area (Å²) in [5.74, 6) is 1.86. The second-order valence-electron chi connectivity index (χ2n) is 6.58. The first-order valence-electron chi connectivity index (χ1n) is 9.06. The Labute approximate surface area is 159 Å². The maximum Gasteiger partial charge on any atom is 0.193 e. The summed E-state index contributed by atoms with van der Waals surface area (Å²) in [7, 11) is 2.21. The van der Waals surface area contributed by atoms with Crippen LogP contribution < -0.4 is 5.32 Å². The van der Waals surface area contributed by atoms with Gasteiger partial charge in [-0.2, -0.15) is 0 Å². The third kappa shape index (κ3) is 7.13. The molecule has 0 aromatic heterocycles. The van der Waals surface area contributed by atoms with Crippen molar-refractivity contribution in [2.24, 2.45) is 10.9 Å². The SMILES string of the molecule is CCNC(=NCC1CCN(C)CC1)N1CCC(OCC)CC1.I. The van der Waals surface area contributed by atoms with E-state index in [4.69, 9.17) is 9.73 Å². The quantitative estimate of drug-likeness (QED) is 0.407. The highest BCUT2D eigenvalue weighted by atomic mass is 127. The maximum absolute atomic E-state index is 5.74. The van der Waals surface area contributed by atoms with E-state index in [-0.39, 0.29) is 24.0 Å². The molecule has 5 nitrogen and oxygen atoms in total. The molecule has 2 aliphatic heterocycles. The number of hydrogen-bond acceptors (Lipinski definition) is 3. The highest BCUT2D eigenvalue weighted by molar-refractivity contribution is 14.0. The topological polar surface area (TPSA) is 40.1 Å². The molecule has 2 heterocycles. The largest absolute Gasteiger partial charge is 0.378 e. The number of rotatable bonds is 5. The number of likely N-dealkylation sites (tertiary alicyclic amines) is 2. The monoisotopic (exact) mass is 438 g/mol. The molecule has 2 aliphatic rings. The summed E-state index contributed by atoms with van der Waals surface area (Å²) in [6, 6.07) is 0. The van der Waals surface area contributed by atoms with Gasteiger partial charge in [0.1, 0.15) is 0 Å². The summed E-state index contributed by atoms with van der Waals surface area (Å²) in [6.45, 7) is 11.5. The van der Waals surface area contributed by atoms with Crippen LogP contribution in [0.1, 0.15) is 39.5 Å². The average molecular weight is 438 g/mol. The molecular formula is C17H35IN4O. The van der Waals surface area contributed by atoms with Gasteiger partial charge in [-0.1, -0.05) is 0 Å². The fraction of sp³-hybridized carbons (Fsp3) is 0.941. The molecule has 0 aliphatic carbocycles. The van der Waals surface area contributed by atoms with E-state index < -0.39 is 0 Å². The lowest BCUT2D eigenvalue weighted by atomic mass is 9.97. The lowest BCUT2D eigenvalue weighted by molar-refractivity contribution is 0.0263. The Morgan fingerprint density at radius 2 is 1.74 bits per heavy atom. The van der Waals surface area contributed by atoms with Crippen molar-refractivity contribution in [3.8, 4) is 0 Å². The number of guanidine groups is 1. The van der Waals surface area contributed by atoms with Crippen molar-refractivity contribution in [2.75, 3.05) is 52.9 Å². The van der Waals surface area contributed by atoms with Gasteiger partial charge in [-0.05, 0) is 65.6 Å². The van der Waals surface area contributed by atoms with Gasteiger partial charge in [-0.15, -0.1) is 24.0 Å². The molecule has 1 N–H and O–H groups in total. The van der Waals surface area contributed by atoms with Gasteiger partial charge in [0, 0.05) is 32.8 Å². The Morgan fingerprint density at radius 3 is 2.30 bits per heavy atom. The summed E-state index contributed by atoms with van der Waals surface area (Å²) in [4.78, 5) is 9.76. The molecule has 23 heavy (non-hydrogen) atoms. The van der Waals surface area contributed by atoms with Gasteiger partial charge in [-0.25, -0.2) is 0 Å². The van der Waals surface area contributed by atoms with Crippen LogP contribution in [0, 0.1) is 5.92 Å². The second kappa shape index (κ2) is 11.5. The number of aliphatic imine (C=N–C) groups is 1. The van der Waals surface area contributed by atoms with Crippen LogP contribution in [0.15, 0.2) is 4.99 Å². The van der Waals surface area contributed by atoms with Gasteiger partial charge >= 0.3 is 0 Å². The van der Waals surface area contributed by atoms with Gasteiger partial charge in [0.25, 0.3) is 0 Å². The maximum atomic E-state index is 5.74. The molecule has 0 spiro atoms. The van der Waals surface area contributed by atoms with Crippen molar-refractivity contribution in [2.45, 2.75) is 45.6 Å². The van der Waals surface area contributed by atoms with Crippen molar-refractivity contribution < 1.29 is 4.74 Å². The third-order valence-electron chi connectivity index (χ3n) is 4.82. The summed E-state index contributed by atoms with van der Waals surface area (Å²) in [5, 5.41) is 3.47. The van der Waals surface area contributed by atoms with Crippen molar-refractivity contribution in [3.05, 3.63) is 0 Å². The van der Waals surface area contributed by atoms with Gasteiger partial charge in [0.05, 0.1) is 6.10 Å². The molecule has 6 heteroatoms. The molecule has 2 fully saturated rings. The predicted octanol–water partition coefficient (Wildman–Crippen LogP) is 2.41. The van der Waals surface area contributed by atoms with E-state index in [1.54, 1.807) is 0 Å². The minimum Gasteiger partial charge on any atom is -0.378 e. The molecule has 0 radical (unpaired) electrons. The normalized spacial score (nSPS) is 22.0. The van der Waals surface area contributed by atoms with Gasteiger partial charge in [0.2, 0.25) is 0 Å². The molecule has 2 saturated heterocycles. The lowest BCUT2D eigenvalue weighted by Gasteiger charge is -2.34. The summed E-state index contributed by atoms with van der Waals surface area (Å²) in [5.41, 5.74) is 0. The fourth-order valence-corrected chi connectivity index (χ4v) is 3.36. The molecule has 0 atom stereocenters. The lowest BCUT2D eigenvalue weighted by Crippen LogP contribution is -2.47. The Kier molecular flexibility index (Phi) is 10.5. The van der Waals surface area contributed by atoms with Crippen molar-refractivity contribution in [1.29, 1.82) is 0 Å². The van der Waals surface area contributed by atoms with E-state index >= 15 is 0 Å². The van der Waals surface area contributed by atoms with Crippen LogP contribution in [-0.2, 0) is 4.74 Å². The smallest absolute Gasteiger partial charge is 0.193 e. The van der Waals surface area contributed by atoms with Crippen LogP contribution in [-0.4, -0.2) is 74.8 Å². The molecule has 0 saturated carbocycles. The van der Waals surface area contributed by atoms with Crippen LogP contribution >= 0.6 is 24.0 Å². The van der Waals surface area contributed by atoms with Gasteiger partial charge in [-0.3, -0.25) is 4.99 Å². The van der Waals surface area contributed by atoms with Crippen LogP contribution in [0.2, 0.25) is 0 Å². The van der Waals surface area contributed by atoms with Crippen molar-refractivity contribution >= 4 is 29.9 Å². The minimum atomic E-state index is 0. The standard InChI is InChI=1S/C17H34N4O.HI/c1-4-18-17(19-14-15-6-10-20(3)11-7-15)21-12-8-16(9-13-21)22-5-2;/h15-16H,4-14H2,1-3H3,(H,18,19);1H. The Morgan fingerprint density at radius 1 is 1.09 bits per heavy atom. The van der Waals surface area contributed by atoms with E-state index in [0.717, 1.165) is 57.5 Å². The fourth-order valence-electron chi connectivity index (χ4n) is 3.36. The molecule has 0 unspecified atom stereocenters. The van der Waals surface area contributed by atoms with E-state index in [1.165, 1.54) is 25.9 Å². The number of ether oxygens (including phenoxy) is 1. The Hall–Kier alpha value is -0.0800. The minimum absolute atomic E-state index is 0. The molecule has 2 rings (SSSR count). The second-order valence-corrected chi connectivity index (χ2v) is 6.58. The first-order chi connectivity index (χ1) is 10.7. The average Bonchev–Trinajstić information content (AvgIpc) is 2.54. The zero-order valence-corrected chi connectivity index (χ0v) is 17.4. The number of nitrogens with zero attached hydrogens (tertiary/aromatic N) is 3. The number of hydrogen-bond donors (Lipinski definition) is 1. The number of piperidine rings is 2. The summed E-state index contributed by atoms with van der Waals surface area (Å²) >= 11 is 0. The van der Waals surface area contributed by atoms with Crippen LogP contribution in [0.5, 0.6) is 0 Å². The van der Waals surface area contributed by atoms with Gasteiger partial charge in [0.15, 0.2) is 5.96 Å². The molecular weight excluding hydrogens is 403 g/mol. The van der Waals surface area contributed by atoms with E-state index in [9.17, 15) is 0 Å². The molecule has 0 aromatic carbocycles. The number of halogens is 1. The Bertz CT molecular complexity index is 337. The van der Waals surface area contributed by atoms with E-state index in [1.807, 2.05) is 0 Å².